The second-order valence-electron chi connectivity index (χ2n) is 6.15. The summed E-state index contributed by atoms with van der Waals surface area (Å²) in [5.41, 5.74) is 7.03. The molecule has 27 heavy (non-hydrogen) atoms. The van der Waals surface area contributed by atoms with E-state index in [1.807, 2.05) is 32.0 Å². The third-order valence-electron chi connectivity index (χ3n) is 4.27. The van der Waals surface area contributed by atoms with Crippen LogP contribution in [0.1, 0.15) is 18.2 Å². The molecule has 0 fully saturated rings. The van der Waals surface area contributed by atoms with Gasteiger partial charge < -0.3 is 9.47 Å². The summed E-state index contributed by atoms with van der Waals surface area (Å²) >= 11 is 0. The normalized spacial score (nSPS) is 13.0. The van der Waals surface area contributed by atoms with Crippen molar-refractivity contribution in [1.82, 2.24) is 4.98 Å². The maximum Gasteiger partial charge on any atom is 0.269 e. The summed E-state index contributed by atoms with van der Waals surface area (Å²) in [7, 11) is 0. The Balaban J connectivity index is 1.66. The fourth-order valence-corrected chi connectivity index (χ4v) is 2.87. The zero-order valence-corrected chi connectivity index (χ0v) is 14.7. The molecule has 1 aliphatic rings. The fourth-order valence-electron chi connectivity index (χ4n) is 2.87. The Morgan fingerprint density at radius 3 is 2.59 bits per heavy atom. The van der Waals surface area contributed by atoms with Crippen LogP contribution in [0.15, 0.2) is 47.6 Å². The van der Waals surface area contributed by atoms with Gasteiger partial charge in [0.25, 0.3) is 5.69 Å². The number of hydrogen-bond acceptors (Lipinski definition) is 7. The Kier molecular flexibility index (Phi) is 4.08. The van der Waals surface area contributed by atoms with Crippen LogP contribution < -0.4 is 14.9 Å². The van der Waals surface area contributed by atoms with Crippen LogP contribution in [0.2, 0.25) is 0 Å². The number of anilines is 1. The second-order valence-corrected chi connectivity index (χ2v) is 6.15. The van der Waals surface area contributed by atoms with E-state index in [0.717, 1.165) is 27.8 Å². The Bertz CT molecular complexity index is 1080. The van der Waals surface area contributed by atoms with E-state index in [9.17, 15) is 10.1 Å². The lowest BCUT2D eigenvalue weighted by atomic mass is 10.1. The van der Waals surface area contributed by atoms with Crippen LogP contribution in [0.25, 0.3) is 10.9 Å². The molecule has 0 saturated heterocycles. The molecule has 8 nitrogen and oxygen atoms in total. The number of fused-ring (bicyclic) bond motifs is 2. The number of nitrogens with one attached hydrogen (secondary N) is 1. The largest absolute Gasteiger partial charge is 0.454 e. The highest BCUT2D eigenvalue weighted by molar-refractivity contribution is 6.00. The number of hydrazone groups is 1. The van der Waals surface area contributed by atoms with Crippen molar-refractivity contribution in [1.29, 1.82) is 0 Å². The van der Waals surface area contributed by atoms with Gasteiger partial charge >= 0.3 is 0 Å². The topological polar surface area (TPSA) is 98.9 Å². The minimum Gasteiger partial charge on any atom is -0.454 e. The number of nitro benzene ring substituents is 1. The maximum atomic E-state index is 10.8. The third kappa shape index (κ3) is 3.24. The van der Waals surface area contributed by atoms with Crippen LogP contribution in [0.5, 0.6) is 11.5 Å². The SMILES string of the molecule is C/C(=N\Nc1cc(C)nc2cc3c(cc12)OCO3)c1ccc([N+](=O)[O-])cc1. The smallest absolute Gasteiger partial charge is 0.269 e. The van der Waals surface area contributed by atoms with Crippen LogP contribution in [-0.2, 0) is 0 Å². The van der Waals surface area contributed by atoms with Crippen molar-refractivity contribution in [3.05, 3.63) is 63.8 Å². The molecule has 8 heteroatoms. The second kappa shape index (κ2) is 6.56. The van der Waals surface area contributed by atoms with Gasteiger partial charge in [-0.05, 0) is 43.7 Å². The van der Waals surface area contributed by atoms with Crippen LogP contribution in [-0.4, -0.2) is 22.4 Å². The van der Waals surface area contributed by atoms with E-state index in [1.54, 1.807) is 12.1 Å². The zero-order chi connectivity index (χ0) is 19.0. The number of nitro groups is 1. The molecule has 2 heterocycles. The molecule has 136 valence electrons. The van der Waals surface area contributed by atoms with E-state index >= 15 is 0 Å². The minimum absolute atomic E-state index is 0.0475. The van der Waals surface area contributed by atoms with Gasteiger partial charge in [0.15, 0.2) is 11.5 Å². The lowest BCUT2D eigenvalue weighted by Crippen LogP contribution is -2.01. The van der Waals surface area contributed by atoms with Crippen molar-refractivity contribution in [2.24, 2.45) is 5.10 Å². The number of aryl methyl sites for hydroxylation is 1. The number of benzene rings is 2. The Hall–Kier alpha value is -3.68. The van der Waals surface area contributed by atoms with Gasteiger partial charge in [-0.1, -0.05) is 0 Å². The van der Waals surface area contributed by atoms with Crippen LogP contribution in [0.3, 0.4) is 0 Å². The van der Waals surface area contributed by atoms with E-state index in [2.05, 4.69) is 15.5 Å². The number of non-ortho nitro benzene ring substituents is 1. The molecule has 0 bridgehead atoms. The number of rotatable bonds is 4. The summed E-state index contributed by atoms with van der Waals surface area (Å²) in [6, 6.07) is 11.9. The van der Waals surface area contributed by atoms with Crippen LogP contribution >= 0.6 is 0 Å². The molecule has 1 aromatic heterocycles. The summed E-state index contributed by atoms with van der Waals surface area (Å²) in [5.74, 6) is 1.35. The van der Waals surface area contributed by atoms with E-state index in [0.29, 0.717) is 17.2 Å². The molecule has 0 spiro atoms. The monoisotopic (exact) mass is 364 g/mol. The first-order valence-electron chi connectivity index (χ1n) is 8.27. The minimum atomic E-state index is -0.426. The maximum absolute atomic E-state index is 10.8. The molecule has 0 radical (unpaired) electrons. The third-order valence-corrected chi connectivity index (χ3v) is 4.27. The average Bonchev–Trinajstić information content (AvgIpc) is 3.11. The Labute approximate surface area is 154 Å². The summed E-state index contributed by atoms with van der Waals surface area (Å²) < 4.78 is 10.9. The van der Waals surface area contributed by atoms with Crippen molar-refractivity contribution >= 4 is 28.0 Å². The number of nitrogens with zero attached hydrogens (tertiary/aromatic N) is 3. The number of hydrogen-bond donors (Lipinski definition) is 1. The predicted molar refractivity (Wildman–Crippen MR) is 102 cm³/mol. The Morgan fingerprint density at radius 1 is 1.19 bits per heavy atom. The highest BCUT2D eigenvalue weighted by Crippen LogP contribution is 2.38. The fraction of sp³-hybridized carbons (Fsp3) is 0.158. The molecule has 0 amide bonds. The van der Waals surface area contributed by atoms with Crippen molar-refractivity contribution in [3.8, 4) is 11.5 Å². The first-order chi connectivity index (χ1) is 13.0. The average molecular weight is 364 g/mol. The number of pyridine rings is 1. The first-order valence-corrected chi connectivity index (χ1v) is 8.27. The van der Waals surface area contributed by atoms with Crippen molar-refractivity contribution < 1.29 is 14.4 Å². The van der Waals surface area contributed by atoms with Gasteiger partial charge in [0.1, 0.15) is 0 Å². The summed E-state index contributed by atoms with van der Waals surface area (Å²) in [6.45, 7) is 3.94. The van der Waals surface area contributed by atoms with Gasteiger partial charge in [0.2, 0.25) is 6.79 Å². The molecular weight excluding hydrogens is 348 g/mol. The van der Waals surface area contributed by atoms with E-state index in [-0.39, 0.29) is 12.5 Å². The van der Waals surface area contributed by atoms with Gasteiger partial charge in [-0.3, -0.25) is 20.5 Å². The predicted octanol–water partition coefficient (Wildman–Crippen LogP) is 4.02. The van der Waals surface area contributed by atoms with Gasteiger partial charge in [-0.15, -0.1) is 0 Å². The molecule has 2 aromatic carbocycles. The summed E-state index contributed by atoms with van der Waals surface area (Å²) in [6.07, 6.45) is 0. The molecule has 0 unspecified atom stereocenters. The van der Waals surface area contributed by atoms with Gasteiger partial charge in [0, 0.05) is 29.3 Å². The Morgan fingerprint density at radius 2 is 1.89 bits per heavy atom. The number of aromatic nitrogens is 1. The highest BCUT2D eigenvalue weighted by atomic mass is 16.7. The molecule has 0 aliphatic carbocycles. The van der Waals surface area contributed by atoms with E-state index in [1.165, 1.54) is 12.1 Å². The standard InChI is InChI=1S/C19H16N4O4/c1-11-7-17(15-8-18-19(27-10-26-18)9-16(15)20-11)22-21-12(2)13-3-5-14(6-4-13)23(24)25/h3-9H,10H2,1-2H3,(H,20,22)/b21-12+. The quantitative estimate of drug-likeness (QED) is 0.426. The van der Waals surface area contributed by atoms with E-state index in [4.69, 9.17) is 9.47 Å². The molecular formula is C19H16N4O4. The van der Waals surface area contributed by atoms with Gasteiger partial charge in [-0.25, -0.2) is 0 Å². The lowest BCUT2D eigenvalue weighted by molar-refractivity contribution is -0.384. The van der Waals surface area contributed by atoms with Gasteiger partial charge in [-0.2, -0.15) is 5.10 Å². The molecule has 1 N–H and O–H groups in total. The summed E-state index contributed by atoms with van der Waals surface area (Å²) in [5, 5.41) is 16.1. The zero-order valence-electron chi connectivity index (χ0n) is 14.7. The highest BCUT2D eigenvalue weighted by Gasteiger charge is 2.16. The molecule has 1 aliphatic heterocycles. The van der Waals surface area contributed by atoms with Crippen molar-refractivity contribution in [2.45, 2.75) is 13.8 Å². The lowest BCUT2D eigenvalue weighted by Gasteiger charge is -2.09. The summed E-state index contributed by atoms with van der Waals surface area (Å²) in [4.78, 5) is 14.9. The van der Waals surface area contributed by atoms with Crippen LogP contribution in [0.4, 0.5) is 11.4 Å². The molecule has 0 atom stereocenters. The molecule has 3 aromatic rings. The number of ether oxygens (including phenoxy) is 2. The van der Waals surface area contributed by atoms with Crippen molar-refractivity contribution in [2.75, 3.05) is 12.2 Å². The molecule has 0 saturated carbocycles. The van der Waals surface area contributed by atoms with Gasteiger partial charge in [0.05, 0.1) is 21.8 Å². The van der Waals surface area contributed by atoms with Crippen molar-refractivity contribution in [3.63, 3.8) is 0 Å². The first kappa shape index (κ1) is 16.8. The van der Waals surface area contributed by atoms with Crippen LogP contribution in [0, 0.1) is 17.0 Å². The van der Waals surface area contributed by atoms with E-state index < -0.39 is 4.92 Å². The molecule has 4 rings (SSSR count).